The van der Waals surface area contributed by atoms with Crippen LogP contribution in [0.15, 0.2) is 35.5 Å². The van der Waals surface area contributed by atoms with E-state index in [0.717, 1.165) is 37.1 Å². The van der Waals surface area contributed by atoms with E-state index >= 15 is 0 Å². The lowest BCUT2D eigenvalue weighted by Crippen LogP contribution is -2.36. The Kier molecular flexibility index (Phi) is 8.45. The lowest BCUT2D eigenvalue weighted by molar-refractivity contribution is -0.124. The van der Waals surface area contributed by atoms with Crippen molar-refractivity contribution in [2.24, 2.45) is 4.99 Å². The summed E-state index contributed by atoms with van der Waals surface area (Å²) < 4.78 is 0. The van der Waals surface area contributed by atoms with Gasteiger partial charge in [-0.2, -0.15) is 0 Å². The molecule has 0 aliphatic heterocycles. The van der Waals surface area contributed by atoms with E-state index in [-0.39, 0.29) is 5.91 Å². The molecule has 0 fully saturated rings. The summed E-state index contributed by atoms with van der Waals surface area (Å²) in [4.78, 5) is 18.7. The summed E-state index contributed by atoms with van der Waals surface area (Å²) in [6.07, 6.45) is 3.92. The van der Waals surface area contributed by atoms with Crippen molar-refractivity contribution in [2.75, 3.05) is 13.1 Å². The molecule has 0 saturated heterocycles. The van der Waals surface area contributed by atoms with Gasteiger partial charge in [-0.3, -0.25) is 9.79 Å². The van der Waals surface area contributed by atoms with Crippen molar-refractivity contribution in [3.05, 3.63) is 41.6 Å². The number of hydrogen-bond acceptors (Lipinski definition) is 2. The van der Waals surface area contributed by atoms with Crippen molar-refractivity contribution in [3.63, 3.8) is 0 Å². The van der Waals surface area contributed by atoms with Gasteiger partial charge < -0.3 is 4.90 Å². The van der Waals surface area contributed by atoms with E-state index in [1.807, 2.05) is 18.7 Å². The lowest BCUT2D eigenvalue weighted by atomic mass is 10.00. The van der Waals surface area contributed by atoms with Gasteiger partial charge in [-0.15, -0.1) is 0 Å². The summed E-state index contributed by atoms with van der Waals surface area (Å²) in [5.74, 6) is 0.564. The van der Waals surface area contributed by atoms with Crippen LogP contribution in [0.4, 0.5) is 0 Å². The molecule has 0 bridgehead atoms. The standard InChI is InChI=1S/C21H32N2O/c1-7-9-14-23(8-2)21(24)18(6)22-15-17(5)20-12-10-19(11-13-20)16(3)4/h10-13,15-16H,7-9,14H2,1-6H3/b17-15+,22-18?. The molecule has 0 atom stereocenters. The first-order valence-electron chi connectivity index (χ1n) is 9.01. The number of carbonyl (C=O) groups is 1. The molecule has 1 aromatic rings. The van der Waals surface area contributed by atoms with E-state index in [1.54, 1.807) is 13.1 Å². The van der Waals surface area contributed by atoms with Crippen molar-refractivity contribution in [1.82, 2.24) is 4.90 Å². The summed E-state index contributed by atoms with van der Waals surface area (Å²) in [5.41, 5.74) is 4.08. The molecule has 0 aliphatic carbocycles. The number of hydrogen-bond donors (Lipinski definition) is 0. The molecule has 1 aromatic carbocycles. The first-order chi connectivity index (χ1) is 11.4. The first kappa shape index (κ1) is 20.1. The van der Waals surface area contributed by atoms with Crippen LogP contribution in [0.3, 0.4) is 0 Å². The Labute approximate surface area is 147 Å². The van der Waals surface area contributed by atoms with Gasteiger partial charge in [0.25, 0.3) is 5.91 Å². The second kappa shape index (κ2) is 10.1. The monoisotopic (exact) mass is 328 g/mol. The van der Waals surface area contributed by atoms with Crippen molar-refractivity contribution in [3.8, 4) is 0 Å². The molecule has 0 radical (unpaired) electrons. The van der Waals surface area contributed by atoms with E-state index in [1.165, 1.54) is 5.56 Å². The average molecular weight is 329 g/mol. The number of aliphatic imine (C=N–C) groups is 1. The minimum Gasteiger partial charge on any atom is -0.338 e. The lowest BCUT2D eigenvalue weighted by Gasteiger charge is -2.20. The zero-order chi connectivity index (χ0) is 18.1. The third kappa shape index (κ3) is 5.95. The second-order valence-electron chi connectivity index (χ2n) is 6.54. The van der Waals surface area contributed by atoms with Crippen molar-refractivity contribution >= 4 is 17.2 Å². The normalized spacial score (nSPS) is 12.6. The zero-order valence-electron chi connectivity index (χ0n) is 16.1. The Balaban J connectivity index is 2.83. The first-order valence-corrected chi connectivity index (χ1v) is 9.01. The topological polar surface area (TPSA) is 32.7 Å². The van der Waals surface area contributed by atoms with Crippen LogP contribution in [-0.4, -0.2) is 29.6 Å². The van der Waals surface area contributed by atoms with Crippen LogP contribution in [0.2, 0.25) is 0 Å². The van der Waals surface area contributed by atoms with Crippen LogP contribution in [0.1, 0.15) is 71.4 Å². The maximum atomic E-state index is 12.4. The highest BCUT2D eigenvalue weighted by atomic mass is 16.2. The maximum absolute atomic E-state index is 12.4. The summed E-state index contributed by atoms with van der Waals surface area (Å²) in [5, 5.41) is 0. The van der Waals surface area contributed by atoms with Crippen LogP contribution < -0.4 is 0 Å². The highest BCUT2D eigenvalue weighted by molar-refractivity contribution is 6.38. The van der Waals surface area contributed by atoms with Crippen LogP contribution in [0.5, 0.6) is 0 Å². The molecular weight excluding hydrogens is 296 g/mol. The fraction of sp³-hybridized carbons (Fsp3) is 0.524. The summed E-state index contributed by atoms with van der Waals surface area (Å²) >= 11 is 0. The van der Waals surface area contributed by atoms with Crippen LogP contribution in [0, 0.1) is 0 Å². The number of carbonyl (C=O) groups excluding carboxylic acids is 1. The van der Waals surface area contributed by atoms with Gasteiger partial charge in [0.1, 0.15) is 5.71 Å². The molecule has 3 nitrogen and oxygen atoms in total. The van der Waals surface area contributed by atoms with Crippen molar-refractivity contribution in [2.45, 2.75) is 60.3 Å². The summed E-state index contributed by atoms with van der Waals surface area (Å²) in [6, 6.07) is 8.55. The average Bonchev–Trinajstić information content (AvgIpc) is 2.59. The maximum Gasteiger partial charge on any atom is 0.267 e. The molecule has 0 spiro atoms. The molecule has 1 rings (SSSR count). The number of rotatable bonds is 8. The van der Waals surface area contributed by atoms with Crippen molar-refractivity contribution in [1.29, 1.82) is 0 Å². The molecule has 0 heterocycles. The van der Waals surface area contributed by atoms with Gasteiger partial charge in [0.05, 0.1) is 0 Å². The summed E-state index contributed by atoms with van der Waals surface area (Å²) in [6.45, 7) is 13.9. The van der Waals surface area contributed by atoms with Gasteiger partial charge in [-0.1, -0.05) is 51.5 Å². The third-order valence-electron chi connectivity index (χ3n) is 4.24. The van der Waals surface area contributed by atoms with E-state index in [2.05, 4.69) is 50.0 Å². The largest absolute Gasteiger partial charge is 0.338 e. The van der Waals surface area contributed by atoms with Gasteiger partial charge in [-0.05, 0) is 49.8 Å². The minimum atomic E-state index is 0.0326. The predicted molar refractivity (Wildman–Crippen MR) is 104 cm³/mol. The number of allylic oxidation sites excluding steroid dienone is 1. The zero-order valence-corrected chi connectivity index (χ0v) is 16.1. The fourth-order valence-electron chi connectivity index (χ4n) is 2.44. The Morgan fingerprint density at radius 1 is 1.17 bits per heavy atom. The van der Waals surface area contributed by atoms with E-state index < -0.39 is 0 Å². The quantitative estimate of drug-likeness (QED) is 0.597. The van der Waals surface area contributed by atoms with E-state index in [4.69, 9.17) is 0 Å². The van der Waals surface area contributed by atoms with Gasteiger partial charge in [0.15, 0.2) is 0 Å². The van der Waals surface area contributed by atoms with Crippen molar-refractivity contribution < 1.29 is 4.79 Å². The minimum absolute atomic E-state index is 0.0326. The Morgan fingerprint density at radius 3 is 2.29 bits per heavy atom. The Morgan fingerprint density at radius 2 is 1.79 bits per heavy atom. The number of amides is 1. The predicted octanol–water partition coefficient (Wildman–Crippen LogP) is 5.28. The molecule has 3 heteroatoms. The number of unbranched alkanes of at least 4 members (excludes halogenated alkanes) is 1. The number of benzene rings is 1. The van der Waals surface area contributed by atoms with Gasteiger partial charge in [0.2, 0.25) is 0 Å². The summed E-state index contributed by atoms with van der Waals surface area (Å²) in [7, 11) is 0. The van der Waals surface area contributed by atoms with Gasteiger partial charge >= 0.3 is 0 Å². The highest BCUT2D eigenvalue weighted by Gasteiger charge is 2.13. The fourth-order valence-corrected chi connectivity index (χ4v) is 2.44. The Hall–Kier alpha value is -1.90. The third-order valence-corrected chi connectivity index (χ3v) is 4.24. The molecule has 0 unspecified atom stereocenters. The molecular formula is C21H32N2O. The van der Waals surface area contributed by atoms with E-state index in [0.29, 0.717) is 11.6 Å². The van der Waals surface area contributed by atoms with Gasteiger partial charge in [0, 0.05) is 19.3 Å². The number of nitrogens with zero attached hydrogens (tertiary/aromatic N) is 2. The van der Waals surface area contributed by atoms with Crippen LogP contribution in [-0.2, 0) is 4.79 Å². The molecule has 0 N–H and O–H groups in total. The molecule has 132 valence electrons. The molecule has 24 heavy (non-hydrogen) atoms. The molecule has 0 saturated carbocycles. The van der Waals surface area contributed by atoms with Crippen LogP contribution >= 0.6 is 0 Å². The highest BCUT2D eigenvalue weighted by Crippen LogP contribution is 2.19. The molecule has 1 amide bonds. The second-order valence-corrected chi connectivity index (χ2v) is 6.54. The molecule has 0 aliphatic rings. The Bertz CT molecular complexity index is 582. The van der Waals surface area contributed by atoms with Crippen LogP contribution in [0.25, 0.3) is 5.57 Å². The smallest absolute Gasteiger partial charge is 0.267 e. The van der Waals surface area contributed by atoms with E-state index in [9.17, 15) is 4.79 Å². The van der Waals surface area contributed by atoms with Gasteiger partial charge in [-0.25, -0.2) is 0 Å². The molecule has 0 aromatic heterocycles. The SMILES string of the molecule is CCCCN(CC)C(=O)C(C)=N/C=C(\C)c1ccc(C(C)C)cc1.